The third-order valence-corrected chi connectivity index (χ3v) is 2.96. The third-order valence-electron chi connectivity index (χ3n) is 2.96. The van der Waals surface area contributed by atoms with E-state index in [0.717, 1.165) is 19.4 Å². The second kappa shape index (κ2) is 5.46. The van der Waals surface area contributed by atoms with E-state index in [2.05, 4.69) is 11.9 Å². The van der Waals surface area contributed by atoms with E-state index in [1.165, 1.54) is 12.8 Å². The van der Waals surface area contributed by atoms with Gasteiger partial charge in [-0.05, 0) is 6.42 Å². The Hall–Kier alpha value is -0.870. The van der Waals surface area contributed by atoms with Crippen molar-refractivity contribution >= 4 is 0 Å². The number of rotatable bonds is 6. The number of imidazole rings is 1. The summed E-state index contributed by atoms with van der Waals surface area (Å²) in [5, 5.41) is 0. The number of hydrogen-bond acceptors (Lipinski definition) is 3. The summed E-state index contributed by atoms with van der Waals surface area (Å²) in [4.78, 5) is 4.04. The standard InChI is InChI=1S/C12H20N2O2/c1-2-3-4-5-12(15-8-9-16-12)10-14-7-6-13-11-14/h6-7,11H,2-5,8-10H2,1H3. The lowest BCUT2D eigenvalue weighted by Crippen LogP contribution is -2.35. The Kier molecular flexibility index (Phi) is 3.96. The highest BCUT2D eigenvalue weighted by Crippen LogP contribution is 2.27. The Balaban J connectivity index is 1.92. The molecule has 1 aliphatic rings. The molecule has 0 unspecified atom stereocenters. The molecule has 0 bridgehead atoms. The molecule has 1 fully saturated rings. The molecule has 1 aliphatic heterocycles. The monoisotopic (exact) mass is 224 g/mol. The van der Waals surface area contributed by atoms with E-state index in [4.69, 9.17) is 9.47 Å². The summed E-state index contributed by atoms with van der Waals surface area (Å²) < 4.78 is 13.6. The smallest absolute Gasteiger partial charge is 0.186 e. The third kappa shape index (κ3) is 2.83. The molecule has 0 aliphatic carbocycles. The predicted molar refractivity (Wildman–Crippen MR) is 61.0 cm³/mol. The number of ether oxygens (including phenoxy) is 2. The minimum absolute atomic E-state index is 0.407. The Labute approximate surface area is 96.6 Å². The highest BCUT2D eigenvalue weighted by molar-refractivity contribution is 4.81. The summed E-state index contributed by atoms with van der Waals surface area (Å²) in [6, 6.07) is 0. The van der Waals surface area contributed by atoms with Gasteiger partial charge in [0.05, 0.1) is 26.1 Å². The van der Waals surface area contributed by atoms with Crippen LogP contribution in [0.25, 0.3) is 0 Å². The molecule has 0 radical (unpaired) electrons. The average molecular weight is 224 g/mol. The first-order chi connectivity index (χ1) is 7.85. The van der Waals surface area contributed by atoms with Gasteiger partial charge < -0.3 is 14.0 Å². The summed E-state index contributed by atoms with van der Waals surface area (Å²) in [7, 11) is 0. The van der Waals surface area contributed by atoms with E-state index in [9.17, 15) is 0 Å². The van der Waals surface area contributed by atoms with Gasteiger partial charge in [-0.3, -0.25) is 0 Å². The molecular weight excluding hydrogens is 204 g/mol. The zero-order chi connectivity index (χ0) is 11.3. The summed E-state index contributed by atoms with van der Waals surface area (Å²) >= 11 is 0. The van der Waals surface area contributed by atoms with E-state index in [-0.39, 0.29) is 0 Å². The quantitative estimate of drug-likeness (QED) is 0.695. The number of aromatic nitrogens is 2. The van der Waals surface area contributed by atoms with E-state index in [0.29, 0.717) is 13.2 Å². The van der Waals surface area contributed by atoms with Crippen LogP contribution in [-0.2, 0) is 16.0 Å². The van der Waals surface area contributed by atoms with Crippen LogP contribution in [0.15, 0.2) is 18.7 Å². The second-order valence-corrected chi connectivity index (χ2v) is 4.30. The highest BCUT2D eigenvalue weighted by Gasteiger charge is 2.36. The first-order valence-electron chi connectivity index (χ1n) is 6.08. The van der Waals surface area contributed by atoms with Crippen molar-refractivity contribution in [2.45, 2.75) is 44.9 Å². The second-order valence-electron chi connectivity index (χ2n) is 4.30. The highest BCUT2D eigenvalue weighted by atomic mass is 16.7. The number of hydrogen-bond donors (Lipinski definition) is 0. The Bertz CT molecular complexity index is 292. The van der Waals surface area contributed by atoms with Crippen LogP contribution in [0.5, 0.6) is 0 Å². The minimum Gasteiger partial charge on any atom is -0.346 e. The molecule has 0 amide bonds. The van der Waals surface area contributed by atoms with Gasteiger partial charge in [-0.1, -0.05) is 19.8 Å². The van der Waals surface area contributed by atoms with Gasteiger partial charge in [0.2, 0.25) is 0 Å². The summed E-state index contributed by atoms with van der Waals surface area (Å²) in [6.45, 7) is 4.37. The van der Waals surface area contributed by atoms with Gasteiger partial charge >= 0.3 is 0 Å². The molecule has 1 aromatic rings. The van der Waals surface area contributed by atoms with Crippen molar-refractivity contribution in [1.29, 1.82) is 0 Å². The lowest BCUT2D eigenvalue weighted by molar-refractivity contribution is -0.172. The van der Waals surface area contributed by atoms with Gasteiger partial charge in [-0.2, -0.15) is 0 Å². The van der Waals surface area contributed by atoms with Crippen molar-refractivity contribution in [2.75, 3.05) is 13.2 Å². The van der Waals surface area contributed by atoms with Crippen LogP contribution >= 0.6 is 0 Å². The van der Waals surface area contributed by atoms with Crippen molar-refractivity contribution in [1.82, 2.24) is 9.55 Å². The van der Waals surface area contributed by atoms with Crippen LogP contribution in [0.4, 0.5) is 0 Å². The summed E-state index contributed by atoms with van der Waals surface area (Å²) in [5.41, 5.74) is 0. The Morgan fingerprint density at radius 2 is 2.12 bits per heavy atom. The van der Waals surface area contributed by atoms with E-state index in [1.807, 2.05) is 17.1 Å². The van der Waals surface area contributed by atoms with Crippen molar-refractivity contribution in [2.24, 2.45) is 0 Å². The maximum Gasteiger partial charge on any atom is 0.186 e. The molecule has 16 heavy (non-hydrogen) atoms. The molecule has 2 heterocycles. The first kappa shape index (κ1) is 11.6. The van der Waals surface area contributed by atoms with Gasteiger partial charge in [0.25, 0.3) is 0 Å². The lowest BCUT2D eigenvalue weighted by atomic mass is 10.1. The maximum atomic E-state index is 5.79. The predicted octanol–water partition coefficient (Wildman–Crippen LogP) is 2.21. The van der Waals surface area contributed by atoms with Crippen LogP contribution in [0, 0.1) is 0 Å². The van der Waals surface area contributed by atoms with Crippen LogP contribution in [0.2, 0.25) is 0 Å². The van der Waals surface area contributed by atoms with E-state index >= 15 is 0 Å². The largest absolute Gasteiger partial charge is 0.346 e. The maximum absolute atomic E-state index is 5.79. The van der Waals surface area contributed by atoms with Gasteiger partial charge in [-0.25, -0.2) is 4.98 Å². The molecule has 2 rings (SSSR count). The van der Waals surface area contributed by atoms with Crippen molar-refractivity contribution in [3.8, 4) is 0 Å². The molecule has 0 saturated carbocycles. The normalized spacial score (nSPS) is 19.1. The van der Waals surface area contributed by atoms with E-state index < -0.39 is 5.79 Å². The molecule has 0 N–H and O–H groups in total. The SMILES string of the molecule is CCCCCC1(Cn2ccnc2)OCCO1. The van der Waals surface area contributed by atoms with Gasteiger partial charge in [0.1, 0.15) is 0 Å². The molecule has 4 nitrogen and oxygen atoms in total. The number of unbranched alkanes of at least 4 members (excludes halogenated alkanes) is 2. The molecule has 0 atom stereocenters. The first-order valence-corrected chi connectivity index (χ1v) is 6.08. The molecule has 4 heteroatoms. The van der Waals surface area contributed by atoms with Crippen molar-refractivity contribution in [3.05, 3.63) is 18.7 Å². The lowest BCUT2D eigenvalue weighted by Gasteiger charge is -2.27. The molecular formula is C12H20N2O2. The fourth-order valence-electron chi connectivity index (χ4n) is 2.11. The Morgan fingerprint density at radius 1 is 1.31 bits per heavy atom. The average Bonchev–Trinajstić information content (AvgIpc) is 2.91. The minimum atomic E-state index is -0.407. The summed E-state index contributed by atoms with van der Waals surface area (Å²) in [5.74, 6) is -0.407. The molecule has 0 spiro atoms. The molecule has 0 aromatic carbocycles. The number of nitrogens with zero attached hydrogens (tertiary/aromatic N) is 2. The fraction of sp³-hybridized carbons (Fsp3) is 0.750. The zero-order valence-electron chi connectivity index (χ0n) is 9.89. The zero-order valence-corrected chi connectivity index (χ0v) is 9.89. The van der Waals surface area contributed by atoms with Crippen LogP contribution in [0.1, 0.15) is 32.6 Å². The molecule has 1 saturated heterocycles. The van der Waals surface area contributed by atoms with Crippen LogP contribution < -0.4 is 0 Å². The van der Waals surface area contributed by atoms with Crippen LogP contribution in [-0.4, -0.2) is 28.6 Å². The van der Waals surface area contributed by atoms with Gasteiger partial charge in [0, 0.05) is 18.8 Å². The van der Waals surface area contributed by atoms with Crippen LogP contribution in [0.3, 0.4) is 0 Å². The molecule has 1 aromatic heterocycles. The van der Waals surface area contributed by atoms with Crippen molar-refractivity contribution in [3.63, 3.8) is 0 Å². The summed E-state index contributed by atoms with van der Waals surface area (Å²) in [6.07, 6.45) is 10.1. The van der Waals surface area contributed by atoms with Crippen molar-refractivity contribution < 1.29 is 9.47 Å². The van der Waals surface area contributed by atoms with Gasteiger partial charge in [-0.15, -0.1) is 0 Å². The Morgan fingerprint density at radius 3 is 2.75 bits per heavy atom. The fourth-order valence-corrected chi connectivity index (χ4v) is 2.11. The van der Waals surface area contributed by atoms with E-state index in [1.54, 1.807) is 6.20 Å². The van der Waals surface area contributed by atoms with Gasteiger partial charge in [0.15, 0.2) is 5.79 Å². The molecule has 90 valence electrons. The topological polar surface area (TPSA) is 36.3 Å².